The summed E-state index contributed by atoms with van der Waals surface area (Å²) < 4.78 is 26.4. The Morgan fingerprint density at radius 2 is 2.35 bits per heavy atom. The van der Waals surface area contributed by atoms with Crippen molar-refractivity contribution in [2.24, 2.45) is 11.1 Å². The highest BCUT2D eigenvalue weighted by molar-refractivity contribution is 7.87. The van der Waals surface area contributed by atoms with Gasteiger partial charge in [-0.25, -0.2) is 14.8 Å². The minimum Gasteiger partial charge on any atom is -0.334 e. The number of nitrogens with zero attached hydrogens (tertiary/aromatic N) is 3. The largest absolute Gasteiger partial charge is 0.334 e. The van der Waals surface area contributed by atoms with Crippen molar-refractivity contribution in [3.8, 4) is 0 Å². The molecule has 7 nitrogen and oxygen atoms in total. The maximum Gasteiger partial charge on any atom is 0.274 e. The van der Waals surface area contributed by atoms with E-state index in [-0.39, 0.29) is 0 Å². The van der Waals surface area contributed by atoms with Crippen LogP contribution < -0.4 is 9.86 Å². The van der Waals surface area contributed by atoms with Gasteiger partial charge in [0.05, 0.1) is 6.54 Å². The van der Waals surface area contributed by atoms with Crippen LogP contribution in [-0.2, 0) is 23.3 Å². The standard InChI is InChI=1S/C12H23N5O2S/c1-2-17-7-5-14-12(17)10-16-6-3-4-11(9-16)8-15-20(13,18)19/h5,7,11,15H,2-4,6,8-10H2,1H3,(H2,13,18,19). The average molecular weight is 301 g/mol. The SMILES string of the molecule is CCn1ccnc1CN1CCCC(CNS(N)(=O)=O)C1. The van der Waals surface area contributed by atoms with Crippen molar-refractivity contribution >= 4 is 10.2 Å². The van der Waals surface area contributed by atoms with E-state index in [0.29, 0.717) is 12.5 Å². The highest BCUT2D eigenvalue weighted by Gasteiger charge is 2.21. The Morgan fingerprint density at radius 1 is 1.55 bits per heavy atom. The van der Waals surface area contributed by atoms with Crippen LogP contribution in [0, 0.1) is 5.92 Å². The summed E-state index contributed by atoms with van der Waals surface area (Å²) in [5.41, 5.74) is 0. The third-order valence-corrected chi connectivity index (χ3v) is 4.25. The van der Waals surface area contributed by atoms with Crippen LogP contribution in [0.3, 0.4) is 0 Å². The molecule has 2 heterocycles. The summed E-state index contributed by atoms with van der Waals surface area (Å²) in [5, 5.41) is 4.97. The smallest absolute Gasteiger partial charge is 0.274 e. The monoisotopic (exact) mass is 301 g/mol. The molecule has 1 aromatic heterocycles. The van der Waals surface area contributed by atoms with E-state index in [2.05, 4.69) is 26.1 Å². The van der Waals surface area contributed by atoms with Gasteiger partial charge >= 0.3 is 0 Å². The molecule has 1 fully saturated rings. The first-order chi connectivity index (χ1) is 9.48. The molecule has 0 spiro atoms. The van der Waals surface area contributed by atoms with Crippen LogP contribution in [0.5, 0.6) is 0 Å². The minimum atomic E-state index is -3.59. The van der Waals surface area contributed by atoms with Gasteiger partial charge in [0.25, 0.3) is 10.2 Å². The van der Waals surface area contributed by atoms with Gasteiger partial charge in [-0.2, -0.15) is 8.42 Å². The topological polar surface area (TPSA) is 93.2 Å². The van der Waals surface area contributed by atoms with Crippen LogP contribution in [0.2, 0.25) is 0 Å². The molecule has 1 aliphatic rings. The van der Waals surface area contributed by atoms with Gasteiger partial charge < -0.3 is 4.57 Å². The van der Waals surface area contributed by atoms with Crippen molar-refractivity contribution in [2.45, 2.75) is 32.9 Å². The van der Waals surface area contributed by atoms with E-state index < -0.39 is 10.2 Å². The van der Waals surface area contributed by atoms with Gasteiger partial charge in [-0.15, -0.1) is 0 Å². The molecule has 114 valence electrons. The van der Waals surface area contributed by atoms with Crippen LogP contribution in [-0.4, -0.2) is 42.5 Å². The van der Waals surface area contributed by atoms with Crippen LogP contribution >= 0.6 is 0 Å². The fourth-order valence-electron chi connectivity index (χ4n) is 2.68. The number of nitrogens with one attached hydrogen (secondary N) is 1. The summed E-state index contributed by atoms with van der Waals surface area (Å²) in [4.78, 5) is 6.71. The molecule has 0 bridgehead atoms. The number of likely N-dealkylation sites (tertiary alicyclic amines) is 1. The fourth-order valence-corrected chi connectivity index (χ4v) is 3.14. The van der Waals surface area contributed by atoms with E-state index in [1.165, 1.54) is 0 Å². The lowest BCUT2D eigenvalue weighted by Gasteiger charge is -2.32. The quantitative estimate of drug-likeness (QED) is 0.768. The zero-order valence-electron chi connectivity index (χ0n) is 11.8. The van der Waals surface area contributed by atoms with E-state index in [0.717, 1.165) is 44.8 Å². The highest BCUT2D eigenvalue weighted by atomic mass is 32.2. The maximum atomic E-state index is 10.9. The maximum absolute atomic E-state index is 10.9. The number of rotatable bonds is 6. The molecule has 0 radical (unpaired) electrons. The third-order valence-electron chi connectivity index (χ3n) is 3.68. The number of aromatic nitrogens is 2. The highest BCUT2D eigenvalue weighted by Crippen LogP contribution is 2.17. The van der Waals surface area contributed by atoms with Crippen molar-refractivity contribution < 1.29 is 8.42 Å². The number of imidazole rings is 1. The second-order valence-corrected chi connectivity index (χ2v) is 6.65. The van der Waals surface area contributed by atoms with E-state index in [1.54, 1.807) is 0 Å². The van der Waals surface area contributed by atoms with Crippen LogP contribution in [0.15, 0.2) is 12.4 Å². The number of nitrogens with two attached hydrogens (primary N) is 1. The molecule has 8 heteroatoms. The molecule has 20 heavy (non-hydrogen) atoms. The molecular weight excluding hydrogens is 278 g/mol. The zero-order valence-corrected chi connectivity index (χ0v) is 12.6. The van der Waals surface area contributed by atoms with Gasteiger partial charge in [0.1, 0.15) is 5.82 Å². The average Bonchev–Trinajstić information content (AvgIpc) is 2.83. The van der Waals surface area contributed by atoms with Crippen molar-refractivity contribution in [1.29, 1.82) is 0 Å². The molecule has 1 atom stereocenters. The Balaban J connectivity index is 1.87. The summed E-state index contributed by atoms with van der Waals surface area (Å²) in [7, 11) is -3.59. The van der Waals surface area contributed by atoms with E-state index in [1.807, 2.05) is 12.4 Å². The zero-order chi connectivity index (χ0) is 14.6. The minimum absolute atomic E-state index is 0.312. The number of hydrogen-bond donors (Lipinski definition) is 2. The molecule has 0 aliphatic carbocycles. The van der Waals surface area contributed by atoms with Gasteiger partial charge in [-0.1, -0.05) is 0 Å². The molecule has 2 rings (SSSR count). The van der Waals surface area contributed by atoms with Crippen molar-refractivity contribution in [1.82, 2.24) is 19.2 Å². The molecule has 0 amide bonds. The van der Waals surface area contributed by atoms with Gasteiger partial charge in [-0.3, -0.25) is 4.90 Å². The lowest BCUT2D eigenvalue weighted by Crippen LogP contribution is -2.42. The van der Waals surface area contributed by atoms with Gasteiger partial charge in [-0.05, 0) is 32.2 Å². The molecule has 1 aliphatic heterocycles. The summed E-state index contributed by atoms with van der Waals surface area (Å²) in [5.74, 6) is 1.37. The first kappa shape index (κ1) is 15.4. The Morgan fingerprint density at radius 3 is 3.05 bits per heavy atom. The summed E-state index contributed by atoms with van der Waals surface area (Å²) in [6.45, 7) is 6.14. The number of hydrogen-bond acceptors (Lipinski definition) is 4. The van der Waals surface area contributed by atoms with Crippen molar-refractivity contribution in [3.63, 3.8) is 0 Å². The lowest BCUT2D eigenvalue weighted by atomic mass is 9.98. The van der Waals surface area contributed by atoms with Gasteiger partial charge in [0.2, 0.25) is 0 Å². The normalized spacial score (nSPS) is 21.2. The fraction of sp³-hybridized carbons (Fsp3) is 0.750. The molecule has 1 aromatic rings. The number of piperidine rings is 1. The number of aryl methyl sites for hydroxylation is 1. The van der Waals surface area contributed by atoms with Gasteiger partial charge in [0.15, 0.2) is 0 Å². The first-order valence-corrected chi connectivity index (χ1v) is 8.52. The van der Waals surface area contributed by atoms with Crippen LogP contribution in [0.1, 0.15) is 25.6 Å². The van der Waals surface area contributed by atoms with E-state index in [4.69, 9.17) is 5.14 Å². The van der Waals surface area contributed by atoms with Crippen LogP contribution in [0.25, 0.3) is 0 Å². The van der Waals surface area contributed by atoms with E-state index in [9.17, 15) is 8.42 Å². The predicted octanol–water partition coefficient (Wildman–Crippen LogP) is -0.0919. The molecule has 1 saturated heterocycles. The first-order valence-electron chi connectivity index (χ1n) is 6.97. The Bertz CT molecular complexity index is 528. The Kier molecular flexibility index (Phi) is 5.14. The summed E-state index contributed by atoms with van der Waals surface area (Å²) in [6.07, 6.45) is 5.91. The molecule has 0 aromatic carbocycles. The van der Waals surface area contributed by atoms with Crippen molar-refractivity contribution in [2.75, 3.05) is 19.6 Å². The second kappa shape index (κ2) is 6.66. The molecule has 1 unspecified atom stereocenters. The van der Waals surface area contributed by atoms with Crippen molar-refractivity contribution in [3.05, 3.63) is 18.2 Å². The molecular formula is C12H23N5O2S. The van der Waals surface area contributed by atoms with Crippen LogP contribution in [0.4, 0.5) is 0 Å². The third kappa shape index (κ3) is 4.55. The Hall–Kier alpha value is -0.960. The Labute approximate surface area is 120 Å². The molecule has 0 saturated carbocycles. The predicted molar refractivity (Wildman–Crippen MR) is 77.0 cm³/mol. The second-order valence-electron chi connectivity index (χ2n) is 5.27. The molecule has 3 N–H and O–H groups in total. The summed E-state index contributed by atoms with van der Waals surface area (Å²) in [6, 6.07) is 0. The summed E-state index contributed by atoms with van der Waals surface area (Å²) >= 11 is 0. The lowest BCUT2D eigenvalue weighted by molar-refractivity contribution is 0.163. The van der Waals surface area contributed by atoms with E-state index >= 15 is 0 Å². The van der Waals surface area contributed by atoms with Gasteiger partial charge in [0, 0.05) is 32.0 Å².